The normalized spacial score (nSPS) is 14.8. The minimum absolute atomic E-state index is 0.00593. The summed E-state index contributed by atoms with van der Waals surface area (Å²) in [4.78, 5) is 27.8. The van der Waals surface area contributed by atoms with Crippen LogP contribution in [0.15, 0.2) is 36.5 Å². The number of rotatable bonds is 8. The Labute approximate surface area is 178 Å². The summed E-state index contributed by atoms with van der Waals surface area (Å²) in [7, 11) is 0. The molecule has 4 rings (SSSR count). The molecule has 0 aliphatic carbocycles. The number of carboxylic acids is 1. The van der Waals surface area contributed by atoms with Gasteiger partial charge in [0.05, 0.1) is 11.6 Å². The number of benzene rings is 1. The topological polar surface area (TPSA) is 143 Å². The molecule has 1 amide bonds. The third kappa shape index (κ3) is 4.52. The molecule has 0 saturated heterocycles. The molecule has 0 bridgehead atoms. The number of hydrogen-bond donors (Lipinski definition) is 3. The van der Waals surface area contributed by atoms with E-state index in [2.05, 4.69) is 30.9 Å². The fourth-order valence-electron chi connectivity index (χ4n) is 3.76. The summed E-state index contributed by atoms with van der Waals surface area (Å²) in [6.45, 7) is 1.94. The van der Waals surface area contributed by atoms with Crippen LogP contribution in [0.2, 0.25) is 0 Å². The Morgan fingerprint density at radius 1 is 1.26 bits per heavy atom. The van der Waals surface area contributed by atoms with Crippen molar-refractivity contribution in [3.8, 4) is 16.9 Å². The van der Waals surface area contributed by atoms with Crippen molar-refractivity contribution >= 4 is 17.6 Å². The Morgan fingerprint density at radius 3 is 2.77 bits per heavy atom. The predicted octanol–water partition coefficient (Wildman–Crippen LogP) is 2.42. The summed E-state index contributed by atoms with van der Waals surface area (Å²) in [6.07, 6.45) is 3.39. The van der Waals surface area contributed by atoms with Gasteiger partial charge in [-0.25, -0.2) is 5.10 Å². The molecule has 2 aromatic heterocycles. The van der Waals surface area contributed by atoms with Crippen molar-refractivity contribution in [1.29, 1.82) is 0 Å². The van der Waals surface area contributed by atoms with Gasteiger partial charge < -0.3 is 15.2 Å². The quantitative estimate of drug-likeness (QED) is 0.502. The van der Waals surface area contributed by atoms with Gasteiger partial charge in [-0.15, -0.1) is 5.10 Å². The average Bonchev–Trinajstić information content (AvgIpc) is 3.31. The third-order valence-corrected chi connectivity index (χ3v) is 5.32. The van der Waals surface area contributed by atoms with Gasteiger partial charge in [-0.3, -0.25) is 14.6 Å². The summed E-state index contributed by atoms with van der Waals surface area (Å²) in [5.74, 6) is -1.02. The molecule has 0 unspecified atom stereocenters. The standard InChI is InChI=1S/C21H22N6O4/c1-2-3-15(21(29)30)16(20-24-26-27-25-20)9-14-6-4-13(10-22-14)12-5-7-17-18(8-12)31-11-19(28)23-17/h4-8,10,15-16H,2-3,9,11H2,1H3,(H,23,28)(H,29,30)(H,24,25,26,27)/t15-,16-/m0/s1. The molecule has 3 heterocycles. The molecule has 3 aromatic rings. The van der Waals surface area contributed by atoms with Gasteiger partial charge in [-0.05, 0) is 40.6 Å². The van der Waals surface area contributed by atoms with E-state index < -0.39 is 17.8 Å². The lowest BCUT2D eigenvalue weighted by molar-refractivity contribution is -0.143. The maximum absolute atomic E-state index is 11.9. The molecule has 31 heavy (non-hydrogen) atoms. The highest BCUT2D eigenvalue weighted by molar-refractivity contribution is 5.95. The van der Waals surface area contributed by atoms with Gasteiger partial charge in [0, 0.05) is 29.8 Å². The first-order valence-corrected chi connectivity index (χ1v) is 10.0. The number of aromatic nitrogens is 5. The molecule has 10 heteroatoms. The molecule has 1 aliphatic heterocycles. The van der Waals surface area contributed by atoms with Crippen molar-refractivity contribution in [2.24, 2.45) is 5.92 Å². The van der Waals surface area contributed by atoms with Crippen LogP contribution in [-0.4, -0.2) is 49.2 Å². The van der Waals surface area contributed by atoms with Gasteiger partial charge >= 0.3 is 5.97 Å². The Kier molecular flexibility index (Phi) is 5.87. The molecule has 3 N–H and O–H groups in total. The molecule has 0 radical (unpaired) electrons. The van der Waals surface area contributed by atoms with Crippen LogP contribution in [0, 0.1) is 5.92 Å². The number of anilines is 1. The zero-order valence-electron chi connectivity index (χ0n) is 16.9. The lowest BCUT2D eigenvalue weighted by atomic mass is 9.84. The molecule has 1 aliphatic rings. The summed E-state index contributed by atoms with van der Waals surface area (Å²) in [5, 5.41) is 26.4. The first-order chi connectivity index (χ1) is 15.0. The van der Waals surface area contributed by atoms with Gasteiger partial charge in [0.15, 0.2) is 12.4 Å². The van der Waals surface area contributed by atoms with Crippen LogP contribution in [0.5, 0.6) is 5.75 Å². The van der Waals surface area contributed by atoms with Gasteiger partial charge in [-0.1, -0.05) is 25.5 Å². The zero-order valence-corrected chi connectivity index (χ0v) is 16.9. The van der Waals surface area contributed by atoms with Crippen LogP contribution in [0.1, 0.15) is 37.2 Å². The van der Waals surface area contributed by atoms with E-state index >= 15 is 0 Å². The molecule has 2 atom stereocenters. The monoisotopic (exact) mass is 422 g/mol. The van der Waals surface area contributed by atoms with Crippen molar-refractivity contribution in [3.05, 3.63) is 48.0 Å². The predicted molar refractivity (Wildman–Crippen MR) is 110 cm³/mol. The third-order valence-electron chi connectivity index (χ3n) is 5.32. The first kappa shape index (κ1) is 20.5. The van der Waals surface area contributed by atoms with Gasteiger partial charge in [0.1, 0.15) is 5.75 Å². The second-order valence-electron chi connectivity index (χ2n) is 7.42. The smallest absolute Gasteiger partial charge is 0.307 e. The highest BCUT2D eigenvalue weighted by Gasteiger charge is 2.31. The van der Waals surface area contributed by atoms with Gasteiger partial charge in [0.25, 0.3) is 5.91 Å². The minimum Gasteiger partial charge on any atom is -0.482 e. The SMILES string of the molecule is CCC[C@H](C(=O)O)[C@H](Cc1ccc(-c2ccc3c(c2)OCC(=O)N3)cn1)c1nnn[nH]1. The van der Waals surface area contributed by atoms with Crippen molar-refractivity contribution < 1.29 is 19.4 Å². The number of tetrazole rings is 1. The van der Waals surface area contributed by atoms with Gasteiger partial charge in [-0.2, -0.15) is 0 Å². The fraction of sp³-hybridized carbons (Fsp3) is 0.333. The maximum atomic E-state index is 11.9. The van der Waals surface area contributed by atoms with E-state index in [1.54, 1.807) is 12.3 Å². The molecule has 10 nitrogen and oxygen atoms in total. The van der Waals surface area contributed by atoms with E-state index in [0.29, 0.717) is 30.1 Å². The number of aromatic amines is 1. The number of nitrogens with one attached hydrogen (secondary N) is 2. The number of amides is 1. The zero-order chi connectivity index (χ0) is 21.8. The highest BCUT2D eigenvalue weighted by atomic mass is 16.5. The number of ether oxygens (including phenoxy) is 1. The van der Waals surface area contributed by atoms with Crippen molar-refractivity contribution in [2.45, 2.75) is 32.1 Å². The Morgan fingerprint density at radius 2 is 2.10 bits per heavy atom. The first-order valence-electron chi connectivity index (χ1n) is 10.0. The number of aliphatic carboxylic acids is 1. The van der Waals surface area contributed by atoms with E-state index in [1.807, 2.05) is 31.2 Å². The maximum Gasteiger partial charge on any atom is 0.307 e. The molecular weight excluding hydrogens is 400 g/mol. The van der Waals surface area contributed by atoms with Crippen molar-refractivity contribution in [2.75, 3.05) is 11.9 Å². The average molecular weight is 422 g/mol. The second-order valence-corrected chi connectivity index (χ2v) is 7.42. The van der Waals surface area contributed by atoms with Crippen LogP contribution in [-0.2, 0) is 16.0 Å². The lowest BCUT2D eigenvalue weighted by Crippen LogP contribution is -2.25. The van der Waals surface area contributed by atoms with Crippen LogP contribution >= 0.6 is 0 Å². The van der Waals surface area contributed by atoms with E-state index in [-0.39, 0.29) is 12.5 Å². The summed E-state index contributed by atoms with van der Waals surface area (Å²) >= 11 is 0. The Hall–Kier alpha value is -3.82. The Bertz CT molecular complexity index is 1070. The molecule has 160 valence electrons. The molecule has 0 saturated carbocycles. The molecule has 0 spiro atoms. The van der Waals surface area contributed by atoms with E-state index in [1.165, 1.54) is 0 Å². The lowest BCUT2D eigenvalue weighted by Gasteiger charge is -2.21. The van der Waals surface area contributed by atoms with Crippen LogP contribution in [0.3, 0.4) is 0 Å². The van der Waals surface area contributed by atoms with Crippen molar-refractivity contribution in [1.82, 2.24) is 25.6 Å². The summed E-state index contributed by atoms with van der Waals surface area (Å²) in [5.41, 5.74) is 3.17. The number of nitrogens with zero attached hydrogens (tertiary/aromatic N) is 4. The number of hydrogen-bond acceptors (Lipinski definition) is 7. The molecular formula is C21H22N6O4. The number of carbonyl (C=O) groups excluding carboxylic acids is 1. The second kappa shape index (κ2) is 8.90. The number of carbonyl (C=O) groups is 2. The van der Waals surface area contributed by atoms with Crippen molar-refractivity contribution in [3.63, 3.8) is 0 Å². The number of fused-ring (bicyclic) bond motifs is 1. The fourth-order valence-corrected chi connectivity index (χ4v) is 3.76. The summed E-state index contributed by atoms with van der Waals surface area (Å²) < 4.78 is 5.48. The number of pyridine rings is 1. The van der Waals surface area contributed by atoms with E-state index in [4.69, 9.17) is 4.74 Å². The minimum atomic E-state index is -0.874. The number of H-pyrrole nitrogens is 1. The van der Waals surface area contributed by atoms with E-state index in [0.717, 1.165) is 23.2 Å². The molecule has 1 aromatic carbocycles. The molecule has 0 fully saturated rings. The van der Waals surface area contributed by atoms with Crippen LogP contribution < -0.4 is 10.1 Å². The van der Waals surface area contributed by atoms with Crippen LogP contribution in [0.4, 0.5) is 5.69 Å². The summed E-state index contributed by atoms with van der Waals surface area (Å²) in [6, 6.07) is 9.34. The van der Waals surface area contributed by atoms with Gasteiger partial charge in [0.2, 0.25) is 0 Å². The van der Waals surface area contributed by atoms with Crippen LogP contribution in [0.25, 0.3) is 11.1 Å². The number of carboxylic acid groups (broad SMARTS) is 1. The Balaban J connectivity index is 1.55. The highest BCUT2D eigenvalue weighted by Crippen LogP contribution is 2.33. The largest absolute Gasteiger partial charge is 0.482 e. The van der Waals surface area contributed by atoms with E-state index in [9.17, 15) is 14.7 Å².